The Bertz CT molecular complexity index is 320. The number of fused-ring (bicyclic) bond motifs is 1. The molecule has 1 aliphatic rings. The molecule has 1 aromatic rings. The topological polar surface area (TPSA) is 16.1 Å². The van der Waals surface area contributed by atoms with Gasteiger partial charge in [-0.15, -0.1) is 0 Å². The first-order valence-electron chi connectivity index (χ1n) is 4.84. The van der Waals surface area contributed by atoms with Crippen molar-refractivity contribution in [2.45, 2.75) is 26.3 Å². The highest BCUT2D eigenvalue weighted by Gasteiger charge is 2.21. The van der Waals surface area contributed by atoms with Gasteiger partial charge < -0.3 is 0 Å². The van der Waals surface area contributed by atoms with Crippen molar-refractivity contribution in [3.8, 4) is 0 Å². The van der Waals surface area contributed by atoms with Crippen LogP contribution >= 0.6 is 0 Å². The van der Waals surface area contributed by atoms with Crippen molar-refractivity contribution in [2.24, 2.45) is 0 Å². The van der Waals surface area contributed by atoms with Crippen molar-refractivity contribution in [2.75, 3.05) is 13.6 Å². The van der Waals surface area contributed by atoms with Gasteiger partial charge in [0, 0.05) is 30.9 Å². The normalized spacial score (nSPS) is 22.8. The largest absolute Gasteiger partial charge is 0.299 e. The molecule has 0 saturated heterocycles. The molecule has 0 saturated carbocycles. The standard InChI is InChI=1S/C11H16N2/c1-8-6-10-9(2)13(3)5-4-11(10)12-7-8/h6-7,9H,4-5H2,1-3H3. The average Bonchev–Trinajstić information content (AvgIpc) is 2.12. The second-order valence-electron chi connectivity index (χ2n) is 3.96. The molecule has 1 aliphatic heterocycles. The van der Waals surface area contributed by atoms with Crippen molar-refractivity contribution >= 4 is 0 Å². The Hall–Kier alpha value is -0.890. The van der Waals surface area contributed by atoms with Crippen LogP contribution in [0.3, 0.4) is 0 Å². The van der Waals surface area contributed by atoms with Gasteiger partial charge in [0.15, 0.2) is 0 Å². The second-order valence-corrected chi connectivity index (χ2v) is 3.96. The van der Waals surface area contributed by atoms with Gasteiger partial charge >= 0.3 is 0 Å². The Morgan fingerprint density at radius 1 is 1.54 bits per heavy atom. The second kappa shape index (κ2) is 3.11. The van der Waals surface area contributed by atoms with E-state index in [1.165, 1.54) is 16.8 Å². The monoisotopic (exact) mass is 176 g/mol. The fourth-order valence-electron chi connectivity index (χ4n) is 1.90. The smallest absolute Gasteiger partial charge is 0.0464 e. The van der Waals surface area contributed by atoms with Crippen LogP contribution in [0.15, 0.2) is 12.3 Å². The van der Waals surface area contributed by atoms with Crippen LogP contribution in [-0.2, 0) is 6.42 Å². The molecule has 2 rings (SSSR count). The maximum Gasteiger partial charge on any atom is 0.0464 e. The highest BCUT2D eigenvalue weighted by atomic mass is 15.1. The molecule has 2 heterocycles. The van der Waals surface area contributed by atoms with Crippen LogP contribution in [0, 0.1) is 6.92 Å². The van der Waals surface area contributed by atoms with Crippen LogP contribution in [0.4, 0.5) is 0 Å². The van der Waals surface area contributed by atoms with Crippen molar-refractivity contribution in [3.05, 3.63) is 29.1 Å². The molecule has 1 unspecified atom stereocenters. The Morgan fingerprint density at radius 3 is 3.08 bits per heavy atom. The van der Waals surface area contributed by atoms with Crippen LogP contribution in [0.1, 0.15) is 29.8 Å². The number of nitrogens with zero attached hydrogens (tertiary/aromatic N) is 2. The molecule has 0 fully saturated rings. The van der Waals surface area contributed by atoms with Gasteiger partial charge in [0.2, 0.25) is 0 Å². The number of rotatable bonds is 0. The first-order chi connectivity index (χ1) is 6.18. The minimum absolute atomic E-state index is 0.524. The zero-order chi connectivity index (χ0) is 9.42. The van der Waals surface area contributed by atoms with E-state index in [0.717, 1.165) is 13.0 Å². The summed E-state index contributed by atoms with van der Waals surface area (Å²) in [7, 11) is 2.18. The lowest BCUT2D eigenvalue weighted by Crippen LogP contribution is -2.31. The number of hydrogen-bond donors (Lipinski definition) is 0. The molecular formula is C11H16N2. The average molecular weight is 176 g/mol. The van der Waals surface area contributed by atoms with Gasteiger partial charge in [0.1, 0.15) is 0 Å². The van der Waals surface area contributed by atoms with E-state index in [1.54, 1.807) is 0 Å². The fraction of sp³-hybridized carbons (Fsp3) is 0.545. The van der Waals surface area contributed by atoms with Gasteiger partial charge in [-0.3, -0.25) is 9.88 Å². The van der Waals surface area contributed by atoms with Crippen molar-refractivity contribution in [1.82, 2.24) is 9.88 Å². The highest BCUT2D eigenvalue weighted by molar-refractivity contribution is 5.29. The van der Waals surface area contributed by atoms with E-state index in [1.807, 2.05) is 6.20 Å². The minimum Gasteiger partial charge on any atom is -0.299 e. The van der Waals surface area contributed by atoms with E-state index in [0.29, 0.717) is 6.04 Å². The summed E-state index contributed by atoms with van der Waals surface area (Å²) >= 11 is 0. The molecule has 0 amide bonds. The van der Waals surface area contributed by atoms with Crippen LogP contribution in [-0.4, -0.2) is 23.5 Å². The number of aromatic nitrogens is 1. The first kappa shape index (κ1) is 8.70. The highest BCUT2D eigenvalue weighted by Crippen LogP contribution is 2.26. The molecule has 0 bridgehead atoms. The molecule has 13 heavy (non-hydrogen) atoms. The molecule has 0 spiro atoms. The third-order valence-corrected chi connectivity index (χ3v) is 2.95. The number of pyridine rings is 1. The van der Waals surface area contributed by atoms with Gasteiger partial charge in [-0.05, 0) is 32.0 Å². The lowest BCUT2D eigenvalue weighted by atomic mass is 9.97. The predicted molar refractivity (Wildman–Crippen MR) is 53.7 cm³/mol. The quantitative estimate of drug-likeness (QED) is 0.600. The Morgan fingerprint density at radius 2 is 2.31 bits per heavy atom. The molecule has 0 radical (unpaired) electrons. The van der Waals surface area contributed by atoms with Gasteiger partial charge in [0.05, 0.1) is 0 Å². The van der Waals surface area contributed by atoms with E-state index in [4.69, 9.17) is 0 Å². The summed E-state index contributed by atoms with van der Waals surface area (Å²) in [6, 6.07) is 2.79. The lowest BCUT2D eigenvalue weighted by molar-refractivity contribution is 0.245. The lowest BCUT2D eigenvalue weighted by Gasteiger charge is -2.31. The maximum absolute atomic E-state index is 4.48. The van der Waals surface area contributed by atoms with Crippen molar-refractivity contribution < 1.29 is 0 Å². The number of hydrogen-bond acceptors (Lipinski definition) is 2. The molecule has 2 heteroatoms. The van der Waals surface area contributed by atoms with E-state index in [9.17, 15) is 0 Å². The van der Waals surface area contributed by atoms with E-state index in [-0.39, 0.29) is 0 Å². The summed E-state index contributed by atoms with van der Waals surface area (Å²) < 4.78 is 0. The van der Waals surface area contributed by atoms with Crippen LogP contribution < -0.4 is 0 Å². The molecule has 0 aromatic carbocycles. The summed E-state index contributed by atoms with van der Waals surface area (Å²) in [5.74, 6) is 0. The number of aryl methyl sites for hydroxylation is 1. The summed E-state index contributed by atoms with van der Waals surface area (Å²) in [5, 5.41) is 0. The summed E-state index contributed by atoms with van der Waals surface area (Å²) in [6.45, 7) is 5.48. The Kier molecular flexibility index (Phi) is 2.08. The zero-order valence-corrected chi connectivity index (χ0v) is 8.54. The number of likely N-dealkylation sites (N-methyl/N-ethyl adjacent to an activating group) is 1. The first-order valence-corrected chi connectivity index (χ1v) is 4.84. The minimum atomic E-state index is 0.524. The molecular weight excluding hydrogens is 160 g/mol. The Labute approximate surface area is 79.6 Å². The van der Waals surface area contributed by atoms with E-state index in [2.05, 4.69) is 36.8 Å². The molecule has 1 aromatic heterocycles. The molecule has 1 atom stereocenters. The molecule has 0 N–H and O–H groups in total. The summed E-state index contributed by atoms with van der Waals surface area (Å²) in [6.07, 6.45) is 3.06. The third kappa shape index (κ3) is 1.46. The van der Waals surface area contributed by atoms with Crippen LogP contribution in [0.25, 0.3) is 0 Å². The van der Waals surface area contributed by atoms with E-state index >= 15 is 0 Å². The zero-order valence-electron chi connectivity index (χ0n) is 8.54. The van der Waals surface area contributed by atoms with Crippen molar-refractivity contribution in [1.29, 1.82) is 0 Å². The third-order valence-electron chi connectivity index (χ3n) is 2.95. The molecule has 0 aliphatic carbocycles. The van der Waals surface area contributed by atoms with Gasteiger partial charge in [-0.1, -0.05) is 6.07 Å². The van der Waals surface area contributed by atoms with Gasteiger partial charge in [-0.2, -0.15) is 0 Å². The maximum atomic E-state index is 4.48. The SMILES string of the molecule is Cc1cnc2c(c1)C(C)N(C)CC2. The van der Waals surface area contributed by atoms with Gasteiger partial charge in [-0.25, -0.2) is 0 Å². The van der Waals surface area contributed by atoms with Crippen LogP contribution in [0.2, 0.25) is 0 Å². The van der Waals surface area contributed by atoms with E-state index < -0.39 is 0 Å². The predicted octanol–water partition coefficient (Wildman–Crippen LogP) is 1.94. The fourth-order valence-corrected chi connectivity index (χ4v) is 1.90. The van der Waals surface area contributed by atoms with Crippen LogP contribution in [0.5, 0.6) is 0 Å². The molecule has 2 nitrogen and oxygen atoms in total. The Balaban J connectivity index is 2.45. The van der Waals surface area contributed by atoms with Gasteiger partial charge in [0.25, 0.3) is 0 Å². The summed E-state index contributed by atoms with van der Waals surface area (Å²) in [5.41, 5.74) is 3.96. The molecule has 70 valence electrons. The van der Waals surface area contributed by atoms with Crippen molar-refractivity contribution in [3.63, 3.8) is 0 Å². The summed E-state index contributed by atoms with van der Waals surface area (Å²) in [4.78, 5) is 6.86.